The Bertz CT molecular complexity index is 3370. The first-order valence-corrected chi connectivity index (χ1v) is 21.6. The van der Waals surface area contributed by atoms with Crippen LogP contribution in [0.25, 0.3) is 88.8 Å². The molecule has 0 unspecified atom stereocenters. The number of benzene rings is 10. The standard InChI is InChI=1S/C61H40N2/c1-5-18-44(19-6-1)57-40-58(63-60(62-57)45-20-7-2-8-21-45)53-37-36-49(51-27-15-16-28-52(51)53)43-31-29-41(30-32-43)46-33-35-54-56(39-46)61(47-22-9-3-10-23-47,48-24-11-4-12-25-48)55-38-34-42-17-13-14-26-50(42)59(54)55/h1-40H. The molecule has 0 N–H and O–H groups in total. The minimum absolute atomic E-state index is 0.485. The predicted octanol–water partition coefficient (Wildman–Crippen LogP) is 15.5. The van der Waals surface area contributed by atoms with Crippen molar-refractivity contribution in [1.82, 2.24) is 9.97 Å². The van der Waals surface area contributed by atoms with Crippen LogP contribution in [-0.4, -0.2) is 9.97 Å². The fourth-order valence-corrected chi connectivity index (χ4v) is 10.1. The van der Waals surface area contributed by atoms with Crippen molar-refractivity contribution in [3.05, 3.63) is 265 Å². The van der Waals surface area contributed by atoms with E-state index in [2.05, 4.69) is 218 Å². The zero-order valence-electron chi connectivity index (χ0n) is 34.5. The molecule has 294 valence electrons. The van der Waals surface area contributed by atoms with E-state index in [1.807, 2.05) is 24.3 Å². The second kappa shape index (κ2) is 15.1. The Morgan fingerprint density at radius 2 is 0.794 bits per heavy atom. The van der Waals surface area contributed by atoms with E-state index in [9.17, 15) is 0 Å². The Kier molecular flexibility index (Phi) is 8.76. The third-order valence-corrected chi connectivity index (χ3v) is 13.0. The van der Waals surface area contributed by atoms with Crippen LogP contribution in [-0.2, 0) is 5.41 Å². The van der Waals surface area contributed by atoms with Gasteiger partial charge in [-0.25, -0.2) is 9.97 Å². The van der Waals surface area contributed by atoms with Gasteiger partial charge in [0.2, 0.25) is 0 Å². The van der Waals surface area contributed by atoms with E-state index in [1.54, 1.807) is 0 Å². The molecule has 2 heteroatoms. The van der Waals surface area contributed by atoms with Crippen molar-refractivity contribution in [3.8, 4) is 67.3 Å². The van der Waals surface area contributed by atoms with Crippen LogP contribution < -0.4 is 0 Å². The van der Waals surface area contributed by atoms with Gasteiger partial charge in [-0.2, -0.15) is 0 Å². The molecule has 0 spiro atoms. The van der Waals surface area contributed by atoms with Crippen LogP contribution in [0.4, 0.5) is 0 Å². The lowest BCUT2D eigenvalue weighted by Gasteiger charge is -2.34. The lowest BCUT2D eigenvalue weighted by Crippen LogP contribution is -2.28. The predicted molar refractivity (Wildman–Crippen MR) is 262 cm³/mol. The molecule has 0 radical (unpaired) electrons. The van der Waals surface area contributed by atoms with Crippen LogP contribution >= 0.6 is 0 Å². The van der Waals surface area contributed by atoms with Crippen molar-refractivity contribution >= 4 is 21.5 Å². The summed E-state index contributed by atoms with van der Waals surface area (Å²) < 4.78 is 0. The van der Waals surface area contributed by atoms with Crippen molar-refractivity contribution in [2.45, 2.75) is 5.41 Å². The van der Waals surface area contributed by atoms with E-state index in [0.29, 0.717) is 5.82 Å². The lowest BCUT2D eigenvalue weighted by atomic mass is 9.67. The molecule has 2 nitrogen and oxygen atoms in total. The SMILES string of the molecule is c1ccc(-c2cc(-c3ccc(-c4ccc(-c5ccc6c(c5)C(c5ccccc5)(c5ccccc5)c5ccc7ccccc7c5-6)cc4)c4ccccc34)nc(-c3ccccc3)n2)cc1. The maximum absolute atomic E-state index is 5.19. The topological polar surface area (TPSA) is 25.8 Å². The average molecular weight is 801 g/mol. The Hall–Kier alpha value is -8.20. The van der Waals surface area contributed by atoms with Gasteiger partial charge >= 0.3 is 0 Å². The van der Waals surface area contributed by atoms with E-state index in [0.717, 1.165) is 33.5 Å². The molecule has 10 aromatic carbocycles. The summed E-state index contributed by atoms with van der Waals surface area (Å²) in [4.78, 5) is 10.2. The van der Waals surface area contributed by atoms with Crippen LogP contribution in [0.5, 0.6) is 0 Å². The van der Waals surface area contributed by atoms with Gasteiger partial charge in [-0.3, -0.25) is 0 Å². The van der Waals surface area contributed by atoms with Crippen molar-refractivity contribution in [2.24, 2.45) is 0 Å². The third kappa shape index (κ3) is 6.02. The smallest absolute Gasteiger partial charge is 0.160 e. The normalized spacial score (nSPS) is 12.6. The van der Waals surface area contributed by atoms with Gasteiger partial charge in [-0.15, -0.1) is 0 Å². The number of hydrogen-bond acceptors (Lipinski definition) is 2. The van der Waals surface area contributed by atoms with Crippen LogP contribution in [0, 0.1) is 0 Å². The summed E-state index contributed by atoms with van der Waals surface area (Å²) >= 11 is 0. The highest BCUT2D eigenvalue weighted by molar-refractivity contribution is 6.06. The van der Waals surface area contributed by atoms with Crippen LogP contribution in [0.2, 0.25) is 0 Å². The fraction of sp³-hybridized carbons (Fsp3) is 0.0164. The summed E-state index contributed by atoms with van der Waals surface area (Å²) in [6.45, 7) is 0. The minimum atomic E-state index is -0.485. The highest BCUT2D eigenvalue weighted by Crippen LogP contribution is 2.58. The number of hydrogen-bond donors (Lipinski definition) is 0. The van der Waals surface area contributed by atoms with E-state index in [4.69, 9.17) is 9.97 Å². The lowest BCUT2D eigenvalue weighted by molar-refractivity contribution is 0.769. The van der Waals surface area contributed by atoms with Gasteiger partial charge in [-0.05, 0) is 89.3 Å². The molecular formula is C61H40N2. The van der Waals surface area contributed by atoms with E-state index in [-0.39, 0.29) is 0 Å². The highest BCUT2D eigenvalue weighted by atomic mass is 14.9. The molecule has 0 atom stereocenters. The maximum Gasteiger partial charge on any atom is 0.160 e. The minimum Gasteiger partial charge on any atom is -0.228 e. The van der Waals surface area contributed by atoms with E-state index in [1.165, 1.54) is 71.8 Å². The van der Waals surface area contributed by atoms with E-state index >= 15 is 0 Å². The highest BCUT2D eigenvalue weighted by Gasteiger charge is 2.46. The number of nitrogens with zero attached hydrogens (tertiary/aromatic N) is 2. The van der Waals surface area contributed by atoms with Crippen molar-refractivity contribution < 1.29 is 0 Å². The first-order chi connectivity index (χ1) is 31.2. The molecule has 1 aromatic heterocycles. The van der Waals surface area contributed by atoms with Gasteiger partial charge in [0.25, 0.3) is 0 Å². The second-order valence-corrected chi connectivity index (χ2v) is 16.4. The third-order valence-electron chi connectivity index (χ3n) is 13.0. The monoisotopic (exact) mass is 800 g/mol. The first kappa shape index (κ1) is 36.6. The number of fused-ring (bicyclic) bond motifs is 6. The largest absolute Gasteiger partial charge is 0.228 e. The summed E-state index contributed by atoms with van der Waals surface area (Å²) in [6.07, 6.45) is 0. The van der Waals surface area contributed by atoms with Crippen LogP contribution in [0.3, 0.4) is 0 Å². The molecule has 1 heterocycles. The molecule has 12 rings (SSSR count). The molecule has 0 fully saturated rings. The summed E-state index contributed by atoms with van der Waals surface area (Å²) in [5.41, 5.74) is 17.0. The quantitative estimate of drug-likeness (QED) is 0.160. The summed E-state index contributed by atoms with van der Waals surface area (Å²) in [7, 11) is 0. The van der Waals surface area contributed by atoms with Gasteiger partial charge in [0.15, 0.2) is 5.82 Å². The molecule has 0 amide bonds. The van der Waals surface area contributed by atoms with Gasteiger partial charge in [0, 0.05) is 16.7 Å². The molecule has 63 heavy (non-hydrogen) atoms. The van der Waals surface area contributed by atoms with Gasteiger partial charge in [0.05, 0.1) is 16.8 Å². The Balaban J connectivity index is 0.975. The van der Waals surface area contributed by atoms with Gasteiger partial charge in [-0.1, -0.05) is 231 Å². The van der Waals surface area contributed by atoms with Crippen LogP contribution in [0.15, 0.2) is 243 Å². The molecule has 0 bridgehead atoms. The Labute approximate surface area is 367 Å². The maximum atomic E-state index is 5.19. The molecular weight excluding hydrogens is 761 g/mol. The zero-order chi connectivity index (χ0) is 41.7. The van der Waals surface area contributed by atoms with Gasteiger partial charge < -0.3 is 0 Å². The first-order valence-electron chi connectivity index (χ1n) is 21.6. The molecule has 0 saturated heterocycles. The van der Waals surface area contributed by atoms with Crippen molar-refractivity contribution in [1.29, 1.82) is 0 Å². The molecule has 1 aliphatic rings. The molecule has 11 aromatic rings. The molecule has 0 saturated carbocycles. The van der Waals surface area contributed by atoms with Crippen LogP contribution in [0.1, 0.15) is 22.3 Å². The zero-order valence-corrected chi connectivity index (χ0v) is 34.5. The Morgan fingerprint density at radius 3 is 1.48 bits per heavy atom. The molecule has 0 aliphatic heterocycles. The summed E-state index contributed by atoms with van der Waals surface area (Å²) in [6, 6.07) is 87.8. The average Bonchev–Trinajstić information content (AvgIpc) is 3.68. The van der Waals surface area contributed by atoms with Gasteiger partial charge in [0.1, 0.15) is 0 Å². The number of aromatic nitrogens is 2. The second-order valence-electron chi connectivity index (χ2n) is 16.4. The number of rotatable bonds is 7. The summed E-state index contributed by atoms with van der Waals surface area (Å²) in [5, 5.41) is 4.88. The van der Waals surface area contributed by atoms with Crippen molar-refractivity contribution in [2.75, 3.05) is 0 Å². The summed E-state index contributed by atoms with van der Waals surface area (Å²) in [5.74, 6) is 0.712. The van der Waals surface area contributed by atoms with Crippen molar-refractivity contribution in [3.63, 3.8) is 0 Å². The Morgan fingerprint density at radius 1 is 0.286 bits per heavy atom. The fourth-order valence-electron chi connectivity index (χ4n) is 10.1. The van der Waals surface area contributed by atoms with E-state index < -0.39 is 5.41 Å². The molecule has 1 aliphatic carbocycles.